The zero-order valence-electron chi connectivity index (χ0n) is 14.0. The van der Waals surface area contributed by atoms with Crippen LogP contribution >= 0.6 is 12.2 Å². The second-order valence-electron chi connectivity index (χ2n) is 6.48. The number of ether oxygens (including phenoxy) is 2. The van der Waals surface area contributed by atoms with Crippen molar-refractivity contribution in [2.24, 2.45) is 0 Å². The van der Waals surface area contributed by atoms with Gasteiger partial charge in [-0.2, -0.15) is 0 Å². The lowest BCUT2D eigenvalue weighted by Gasteiger charge is -2.52. The van der Waals surface area contributed by atoms with Crippen LogP contribution in [0.5, 0.6) is 11.5 Å². The van der Waals surface area contributed by atoms with E-state index in [2.05, 4.69) is 42.3 Å². The van der Waals surface area contributed by atoms with Crippen molar-refractivity contribution in [1.82, 2.24) is 5.32 Å². The number of anilines is 1. The van der Waals surface area contributed by atoms with Crippen molar-refractivity contribution in [3.8, 4) is 11.5 Å². The molecule has 0 aliphatic carbocycles. The van der Waals surface area contributed by atoms with Gasteiger partial charge in [0.15, 0.2) is 22.3 Å². The van der Waals surface area contributed by atoms with Crippen LogP contribution in [0, 0.1) is 6.92 Å². The number of hydrogen-bond acceptors (Lipinski definition) is 3. The summed E-state index contributed by atoms with van der Waals surface area (Å²) < 4.78 is 12.0. The Balaban J connectivity index is 1.85. The maximum absolute atomic E-state index is 6.48. The Kier molecular flexibility index (Phi) is 3.42. The summed E-state index contributed by atoms with van der Waals surface area (Å²) in [6.45, 7) is 4.18. The molecule has 2 aromatic rings. The van der Waals surface area contributed by atoms with E-state index in [1.54, 1.807) is 7.11 Å². The summed E-state index contributed by atoms with van der Waals surface area (Å²) in [5, 5.41) is 4.17. The monoisotopic (exact) mass is 340 g/mol. The van der Waals surface area contributed by atoms with Gasteiger partial charge in [-0.25, -0.2) is 0 Å². The van der Waals surface area contributed by atoms with Gasteiger partial charge in [0, 0.05) is 17.7 Å². The van der Waals surface area contributed by atoms with Crippen LogP contribution in [0.15, 0.2) is 42.5 Å². The molecular formula is C19H20N2O2S. The number of fused-ring (bicyclic) bond motifs is 4. The molecule has 2 unspecified atom stereocenters. The lowest BCUT2D eigenvalue weighted by atomic mass is 9.89. The average molecular weight is 340 g/mol. The molecule has 2 aliphatic rings. The third-order valence-electron chi connectivity index (χ3n) is 4.84. The van der Waals surface area contributed by atoms with Crippen LogP contribution in [-0.4, -0.2) is 17.9 Å². The normalized spacial score (nSPS) is 24.7. The Morgan fingerprint density at radius 3 is 2.79 bits per heavy atom. The van der Waals surface area contributed by atoms with E-state index in [1.165, 1.54) is 0 Å². The smallest absolute Gasteiger partial charge is 0.188 e. The van der Waals surface area contributed by atoms with Gasteiger partial charge in [0.1, 0.15) is 0 Å². The van der Waals surface area contributed by atoms with E-state index in [1.807, 2.05) is 24.3 Å². The average Bonchev–Trinajstić information content (AvgIpc) is 2.55. The summed E-state index contributed by atoms with van der Waals surface area (Å²) in [6.07, 6.45) is 0.807. The van der Waals surface area contributed by atoms with E-state index in [-0.39, 0.29) is 6.04 Å². The first-order valence-electron chi connectivity index (χ1n) is 8.06. The molecule has 1 fully saturated rings. The Morgan fingerprint density at radius 2 is 2.04 bits per heavy atom. The Labute approximate surface area is 147 Å². The predicted octanol–water partition coefficient (Wildman–Crippen LogP) is 3.94. The lowest BCUT2D eigenvalue weighted by molar-refractivity contribution is 0.0463. The van der Waals surface area contributed by atoms with E-state index >= 15 is 0 Å². The summed E-state index contributed by atoms with van der Waals surface area (Å²) in [6, 6.07) is 14.3. The first kappa shape index (κ1) is 15.3. The van der Waals surface area contributed by atoms with Gasteiger partial charge in [0.25, 0.3) is 0 Å². The number of hydrogen-bond donors (Lipinski definition) is 1. The second-order valence-corrected chi connectivity index (χ2v) is 6.87. The van der Waals surface area contributed by atoms with Crippen LogP contribution in [0.4, 0.5) is 5.69 Å². The first-order valence-corrected chi connectivity index (χ1v) is 8.46. The molecule has 2 heterocycles. The second kappa shape index (κ2) is 5.38. The molecule has 2 bridgehead atoms. The van der Waals surface area contributed by atoms with Gasteiger partial charge >= 0.3 is 0 Å². The van der Waals surface area contributed by atoms with E-state index in [0.29, 0.717) is 5.11 Å². The minimum absolute atomic E-state index is 0.126. The van der Waals surface area contributed by atoms with E-state index in [4.69, 9.17) is 21.7 Å². The van der Waals surface area contributed by atoms with Gasteiger partial charge < -0.3 is 14.8 Å². The van der Waals surface area contributed by atoms with Crippen LogP contribution < -0.4 is 19.7 Å². The quantitative estimate of drug-likeness (QED) is 0.838. The Bertz CT molecular complexity index is 823. The summed E-state index contributed by atoms with van der Waals surface area (Å²) in [4.78, 5) is 2.09. The molecule has 1 N–H and O–H groups in total. The minimum atomic E-state index is -0.555. The molecule has 0 amide bonds. The summed E-state index contributed by atoms with van der Waals surface area (Å²) >= 11 is 5.69. The largest absolute Gasteiger partial charge is 0.493 e. The minimum Gasteiger partial charge on any atom is -0.493 e. The Morgan fingerprint density at radius 1 is 1.25 bits per heavy atom. The van der Waals surface area contributed by atoms with Gasteiger partial charge in [-0.15, -0.1) is 0 Å². The number of aryl methyl sites for hydroxylation is 1. The number of para-hydroxylation sites is 2. The van der Waals surface area contributed by atoms with Crippen molar-refractivity contribution in [1.29, 1.82) is 0 Å². The summed E-state index contributed by atoms with van der Waals surface area (Å²) in [5.41, 5.74) is 2.77. The predicted molar refractivity (Wildman–Crippen MR) is 98.8 cm³/mol. The molecule has 2 atom stereocenters. The molecule has 2 aromatic carbocycles. The third-order valence-corrected chi connectivity index (χ3v) is 5.14. The molecule has 4 nitrogen and oxygen atoms in total. The van der Waals surface area contributed by atoms with E-state index in [9.17, 15) is 0 Å². The molecule has 4 rings (SSSR count). The van der Waals surface area contributed by atoms with Gasteiger partial charge in [0.05, 0.1) is 13.2 Å². The third kappa shape index (κ3) is 2.15. The highest BCUT2D eigenvalue weighted by Crippen LogP contribution is 2.49. The number of nitrogens with zero attached hydrogens (tertiary/aromatic N) is 1. The van der Waals surface area contributed by atoms with E-state index < -0.39 is 5.72 Å². The fourth-order valence-electron chi connectivity index (χ4n) is 3.70. The molecule has 1 saturated heterocycles. The van der Waals surface area contributed by atoms with Crippen LogP contribution in [-0.2, 0) is 0 Å². The maximum Gasteiger partial charge on any atom is 0.188 e. The van der Waals surface area contributed by atoms with Crippen molar-refractivity contribution in [2.45, 2.75) is 32.0 Å². The fourth-order valence-corrected chi connectivity index (χ4v) is 4.13. The molecule has 24 heavy (non-hydrogen) atoms. The highest BCUT2D eigenvalue weighted by Gasteiger charge is 2.49. The molecule has 0 radical (unpaired) electrons. The van der Waals surface area contributed by atoms with Gasteiger partial charge in [0.2, 0.25) is 0 Å². The van der Waals surface area contributed by atoms with Crippen molar-refractivity contribution in [3.05, 3.63) is 53.6 Å². The number of nitrogens with one attached hydrogen (secondary N) is 1. The highest BCUT2D eigenvalue weighted by molar-refractivity contribution is 7.80. The maximum atomic E-state index is 6.48. The zero-order valence-corrected chi connectivity index (χ0v) is 14.8. The molecule has 0 aromatic heterocycles. The standard InChI is InChI=1S/C19H20N2O2S/c1-12-7-4-5-9-15(12)21-18(24)20-14-11-19(21,2)23-17-13(14)8-6-10-16(17)22-3/h4-10,14H,11H2,1-3H3,(H,20,24). The van der Waals surface area contributed by atoms with Crippen LogP contribution in [0.25, 0.3) is 0 Å². The van der Waals surface area contributed by atoms with E-state index in [0.717, 1.165) is 34.7 Å². The van der Waals surface area contributed by atoms with Crippen LogP contribution in [0.2, 0.25) is 0 Å². The Hall–Kier alpha value is -2.27. The molecule has 0 spiro atoms. The van der Waals surface area contributed by atoms with Gasteiger partial charge in [-0.3, -0.25) is 4.90 Å². The fraction of sp³-hybridized carbons (Fsp3) is 0.316. The molecular weight excluding hydrogens is 320 g/mol. The number of methoxy groups -OCH3 is 1. The summed E-state index contributed by atoms with van der Waals surface area (Å²) in [7, 11) is 1.67. The molecule has 2 aliphatic heterocycles. The number of rotatable bonds is 2. The highest BCUT2D eigenvalue weighted by atomic mass is 32.1. The first-order chi connectivity index (χ1) is 11.5. The number of benzene rings is 2. The molecule has 0 saturated carbocycles. The summed E-state index contributed by atoms with van der Waals surface area (Å²) in [5.74, 6) is 1.55. The van der Waals surface area contributed by atoms with Crippen molar-refractivity contribution < 1.29 is 9.47 Å². The van der Waals surface area contributed by atoms with Crippen LogP contribution in [0.1, 0.15) is 30.5 Å². The lowest BCUT2D eigenvalue weighted by Crippen LogP contribution is -2.65. The number of thiocarbonyl (C=S) groups is 1. The molecule has 5 heteroatoms. The topological polar surface area (TPSA) is 33.7 Å². The van der Waals surface area contributed by atoms with Gasteiger partial charge in [-0.05, 0) is 43.8 Å². The van der Waals surface area contributed by atoms with Crippen LogP contribution in [0.3, 0.4) is 0 Å². The van der Waals surface area contributed by atoms with Crippen molar-refractivity contribution in [3.63, 3.8) is 0 Å². The zero-order chi connectivity index (χ0) is 16.9. The SMILES string of the molecule is COc1cccc2c1OC1(C)CC2NC(=S)N1c1ccccc1C. The van der Waals surface area contributed by atoms with Crippen molar-refractivity contribution >= 4 is 23.0 Å². The van der Waals surface area contributed by atoms with Crippen molar-refractivity contribution in [2.75, 3.05) is 12.0 Å². The van der Waals surface area contributed by atoms with Gasteiger partial charge in [-0.1, -0.05) is 30.3 Å². The molecule has 124 valence electrons.